The summed E-state index contributed by atoms with van der Waals surface area (Å²) in [5.41, 5.74) is 0. The van der Waals surface area contributed by atoms with Crippen LogP contribution in [0.3, 0.4) is 0 Å². The largest absolute Gasteiger partial charge is 0.481 e. The van der Waals surface area contributed by atoms with Crippen LogP contribution in [0.25, 0.3) is 0 Å². The average molecular weight is 308 g/mol. The van der Waals surface area contributed by atoms with Crippen molar-refractivity contribution in [1.82, 2.24) is 9.03 Å². The molecule has 1 aliphatic rings. The summed E-state index contributed by atoms with van der Waals surface area (Å²) in [6, 6.07) is -1.42. The van der Waals surface area contributed by atoms with Crippen LogP contribution in [-0.4, -0.2) is 54.0 Å². The molecule has 0 amide bonds. The second-order valence-corrected chi connectivity index (χ2v) is 6.46. The molecule has 1 saturated heterocycles. The molecule has 20 heavy (non-hydrogen) atoms. The SMILES string of the molecule is O=C(O)CC[C@H](NS(=O)(=O)N1CCCCCC1)C(=O)O. The van der Waals surface area contributed by atoms with Crippen molar-refractivity contribution in [3.63, 3.8) is 0 Å². The summed E-state index contributed by atoms with van der Waals surface area (Å²) in [4.78, 5) is 21.5. The molecule has 0 aromatic carbocycles. The zero-order chi connectivity index (χ0) is 15.2. The molecule has 1 atom stereocenters. The Labute approximate surface area is 118 Å². The summed E-state index contributed by atoms with van der Waals surface area (Å²) in [7, 11) is -3.89. The smallest absolute Gasteiger partial charge is 0.321 e. The first kappa shape index (κ1) is 16.9. The van der Waals surface area contributed by atoms with Crippen LogP contribution in [0, 0.1) is 0 Å². The topological polar surface area (TPSA) is 124 Å². The van der Waals surface area contributed by atoms with Gasteiger partial charge in [-0.25, -0.2) is 0 Å². The molecule has 8 nitrogen and oxygen atoms in total. The van der Waals surface area contributed by atoms with E-state index >= 15 is 0 Å². The van der Waals surface area contributed by atoms with E-state index in [0.29, 0.717) is 13.1 Å². The zero-order valence-electron chi connectivity index (χ0n) is 11.1. The van der Waals surface area contributed by atoms with Gasteiger partial charge in [0.2, 0.25) is 0 Å². The van der Waals surface area contributed by atoms with Crippen molar-refractivity contribution in [3.8, 4) is 0 Å². The van der Waals surface area contributed by atoms with Crippen molar-refractivity contribution >= 4 is 22.1 Å². The Morgan fingerprint density at radius 3 is 2.10 bits per heavy atom. The van der Waals surface area contributed by atoms with Gasteiger partial charge < -0.3 is 10.2 Å². The van der Waals surface area contributed by atoms with Gasteiger partial charge in [-0.15, -0.1) is 0 Å². The molecule has 0 bridgehead atoms. The lowest BCUT2D eigenvalue weighted by Gasteiger charge is -2.22. The lowest BCUT2D eigenvalue weighted by molar-refractivity contribution is -0.140. The minimum Gasteiger partial charge on any atom is -0.481 e. The molecule has 9 heteroatoms. The predicted molar refractivity (Wildman–Crippen MR) is 70.4 cm³/mol. The number of aliphatic carboxylic acids is 2. The molecule has 0 aliphatic carbocycles. The number of hydrogen-bond donors (Lipinski definition) is 3. The Kier molecular flexibility index (Phi) is 6.37. The molecule has 1 aliphatic heterocycles. The number of nitrogens with zero attached hydrogens (tertiary/aromatic N) is 1. The maximum absolute atomic E-state index is 12.1. The van der Waals surface area contributed by atoms with E-state index in [9.17, 15) is 18.0 Å². The van der Waals surface area contributed by atoms with Crippen molar-refractivity contribution in [2.24, 2.45) is 0 Å². The third-order valence-corrected chi connectivity index (χ3v) is 4.77. The van der Waals surface area contributed by atoms with E-state index in [1.165, 1.54) is 4.31 Å². The van der Waals surface area contributed by atoms with Crippen LogP contribution >= 0.6 is 0 Å². The summed E-state index contributed by atoms with van der Waals surface area (Å²) in [6.45, 7) is 0.723. The fourth-order valence-electron chi connectivity index (χ4n) is 2.04. The second-order valence-electron chi connectivity index (χ2n) is 4.76. The number of nitrogens with one attached hydrogen (secondary N) is 1. The van der Waals surface area contributed by atoms with Gasteiger partial charge in [-0.1, -0.05) is 12.8 Å². The summed E-state index contributed by atoms with van der Waals surface area (Å²) in [5, 5.41) is 17.5. The highest BCUT2D eigenvalue weighted by Crippen LogP contribution is 2.13. The molecule has 0 saturated carbocycles. The Hall–Kier alpha value is -1.19. The molecule has 1 fully saturated rings. The van der Waals surface area contributed by atoms with Gasteiger partial charge in [-0.2, -0.15) is 17.4 Å². The van der Waals surface area contributed by atoms with Crippen molar-refractivity contribution < 1.29 is 28.2 Å². The molecule has 1 rings (SSSR count). The standard InChI is InChI=1S/C11H20N2O6S/c14-10(15)6-5-9(11(16)17)12-20(18,19)13-7-3-1-2-4-8-13/h9,12H,1-8H2,(H,14,15)(H,16,17)/t9-/m0/s1. The lowest BCUT2D eigenvalue weighted by atomic mass is 10.2. The normalized spacial score (nSPS) is 19.2. The van der Waals surface area contributed by atoms with E-state index in [4.69, 9.17) is 10.2 Å². The Balaban J connectivity index is 2.69. The molecule has 0 aromatic heterocycles. The van der Waals surface area contributed by atoms with Crippen LogP contribution in [0.15, 0.2) is 0 Å². The number of hydrogen-bond acceptors (Lipinski definition) is 4. The predicted octanol–water partition coefficient (Wildman–Crippen LogP) is 0.0148. The first-order chi connectivity index (χ1) is 9.33. The first-order valence-electron chi connectivity index (χ1n) is 6.55. The van der Waals surface area contributed by atoms with Gasteiger partial charge in [0, 0.05) is 19.5 Å². The van der Waals surface area contributed by atoms with E-state index in [-0.39, 0.29) is 6.42 Å². The third-order valence-electron chi connectivity index (χ3n) is 3.14. The molecule has 3 N–H and O–H groups in total. The summed E-state index contributed by atoms with van der Waals surface area (Å²) < 4.78 is 27.5. The quantitative estimate of drug-likeness (QED) is 0.609. The highest BCUT2D eigenvalue weighted by molar-refractivity contribution is 7.87. The zero-order valence-corrected chi connectivity index (χ0v) is 11.9. The summed E-state index contributed by atoms with van der Waals surface area (Å²) in [6.07, 6.45) is 2.71. The van der Waals surface area contributed by atoms with Crippen molar-refractivity contribution in [3.05, 3.63) is 0 Å². The van der Waals surface area contributed by atoms with E-state index < -0.39 is 34.6 Å². The van der Waals surface area contributed by atoms with E-state index in [1.807, 2.05) is 0 Å². The highest BCUT2D eigenvalue weighted by atomic mass is 32.2. The molecule has 0 radical (unpaired) electrons. The Morgan fingerprint density at radius 2 is 1.65 bits per heavy atom. The molecule has 0 spiro atoms. The molecular weight excluding hydrogens is 288 g/mol. The van der Waals surface area contributed by atoms with Crippen LogP contribution in [-0.2, 0) is 19.8 Å². The molecular formula is C11H20N2O6S. The fraction of sp³-hybridized carbons (Fsp3) is 0.818. The van der Waals surface area contributed by atoms with Gasteiger partial charge in [-0.3, -0.25) is 9.59 Å². The number of rotatable bonds is 7. The number of carboxylic acids is 2. The van der Waals surface area contributed by atoms with Crippen LogP contribution in [0.1, 0.15) is 38.5 Å². The first-order valence-corrected chi connectivity index (χ1v) is 7.99. The second kappa shape index (κ2) is 7.55. The molecule has 1 heterocycles. The lowest BCUT2D eigenvalue weighted by Crippen LogP contribution is -2.48. The van der Waals surface area contributed by atoms with Gasteiger partial charge in [0.05, 0.1) is 0 Å². The minimum absolute atomic E-state index is 0.280. The number of carboxylic acid groups (broad SMARTS) is 2. The van der Waals surface area contributed by atoms with Crippen molar-refractivity contribution in [1.29, 1.82) is 0 Å². The van der Waals surface area contributed by atoms with Crippen LogP contribution in [0.2, 0.25) is 0 Å². The van der Waals surface area contributed by atoms with E-state index in [1.54, 1.807) is 0 Å². The highest BCUT2D eigenvalue weighted by Gasteiger charge is 2.29. The average Bonchev–Trinajstić information content (AvgIpc) is 2.63. The van der Waals surface area contributed by atoms with E-state index in [2.05, 4.69) is 4.72 Å². The Morgan fingerprint density at radius 1 is 1.10 bits per heavy atom. The van der Waals surface area contributed by atoms with Gasteiger partial charge in [-0.05, 0) is 19.3 Å². The molecule has 116 valence electrons. The summed E-state index contributed by atoms with van der Waals surface area (Å²) >= 11 is 0. The van der Waals surface area contributed by atoms with Crippen LogP contribution in [0.5, 0.6) is 0 Å². The fourth-order valence-corrected chi connectivity index (χ4v) is 3.50. The van der Waals surface area contributed by atoms with Gasteiger partial charge in [0.25, 0.3) is 10.2 Å². The maximum Gasteiger partial charge on any atom is 0.321 e. The Bertz CT molecular complexity index is 442. The van der Waals surface area contributed by atoms with E-state index in [0.717, 1.165) is 25.7 Å². The van der Waals surface area contributed by atoms with Crippen molar-refractivity contribution in [2.45, 2.75) is 44.6 Å². The van der Waals surface area contributed by atoms with Crippen LogP contribution in [0.4, 0.5) is 0 Å². The third kappa shape index (κ3) is 5.43. The monoisotopic (exact) mass is 308 g/mol. The number of carbonyl (C=O) groups is 2. The maximum atomic E-state index is 12.1. The van der Waals surface area contributed by atoms with Crippen LogP contribution < -0.4 is 4.72 Å². The molecule has 0 aromatic rings. The van der Waals surface area contributed by atoms with Gasteiger partial charge >= 0.3 is 11.9 Å². The molecule has 0 unspecified atom stereocenters. The van der Waals surface area contributed by atoms with Gasteiger partial charge in [0.15, 0.2) is 0 Å². The van der Waals surface area contributed by atoms with Crippen molar-refractivity contribution in [2.75, 3.05) is 13.1 Å². The summed E-state index contributed by atoms with van der Waals surface area (Å²) in [5.74, 6) is -2.53. The minimum atomic E-state index is -3.89. The van der Waals surface area contributed by atoms with Gasteiger partial charge in [0.1, 0.15) is 6.04 Å².